The van der Waals surface area contributed by atoms with Crippen LogP contribution < -0.4 is 4.57 Å². The van der Waals surface area contributed by atoms with Gasteiger partial charge in [-0.1, -0.05) is 66.7 Å². The maximum absolute atomic E-state index is 2.47. The number of rotatable bonds is 0. The molecule has 0 saturated heterocycles. The highest BCUT2D eigenvalue weighted by atomic mass is 15.1. The number of hydrogen-bond acceptors (Lipinski definition) is 0. The lowest BCUT2D eigenvalue weighted by Crippen LogP contribution is -2.33. The van der Waals surface area contributed by atoms with E-state index in [1.54, 1.807) is 0 Å². The summed E-state index contributed by atoms with van der Waals surface area (Å²) in [5.41, 5.74) is 5.09. The van der Waals surface area contributed by atoms with Crippen molar-refractivity contribution in [3.63, 3.8) is 0 Å². The third kappa shape index (κ3) is 2.16. The molecular formula is C28H23N2+. The molecule has 0 fully saturated rings. The quantitative estimate of drug-likeness (QED) is 0.261. The van der Waals surface area contributed by atoms with Crippen LogP contribution in [0.3, 0.4) is 0 Å². The molecule has 2 heterocycles. The summed E-state index contributed by atoms with van der Waals surface area (Å²) < 4.78 is 4.80. The Morgan fingerprint density at radius 2 is 1.03 bits per heavy atom. The summed E-state index contributed by atoms with van der Waals surface area (Å²) in [5, 5.41) is 7.71. The molecule has 0 unspecified atom stereocenters. The fourth-order valence-electron chi connectivity index (χ4n) is 5.10. The smallest absolute Gasteiger partial charge is 0.233 e. The Kier molecular flexibility index (Phi) is 3.54. The average molecular weight is 388 g/mol. The molecule has 2 heteroatoms. The molecule has 6 rings (SSSR count). The molecule has 144 valence electrons. The SMILES string of the molecule is Cc1cccc2c3cccc4c5ccccc5c5ccccc5[n+](C)c(C)n(c12)c43. The van der Waals surface area contributed by atoms with E-state index in [4.69, 9.17) is 0 Å². The van der Waals surface area contributed by atoms with E-state index in [2.05, 4.69) is 115 Å². The van der Waals surface area contributed by atoms with Gasteiger partial charge in [0.2, 0.25) is 0 Å². The van der Waals surface area contributed by atoms with Gasteiger partial charge in [0, 0.05) is 28.5 Å². The molecule has 0 radical (unpaired) electrons. The number of benzene rings is 4. The molecule has 2 nitrogen and oxygen atoms in total. The third-order valence-electron chi connectivity index (χ3n) is 6.59. The summed E-state index contributed by atoms with van der Waals surface area (Å²) in [4.78, 5) is 0. The van der Waals surface area contributed by atoms with Crippen molar-refractivity contribution in [3.8, 4) is 0 Å². The van der Waals surface area contributed by atoms with Crippen molar-refractivity contribution in [2.75, 3.05) is 0 Å². The Morgan fingerprint density at radius 3 is 1.77 bits per heavy atom. The van der Waals surface area contributed by atoms with Gasteiger partial charge >= 0.3 is 0 Å². The highest BCUT2D eigenvalue weighted by Crippen LogP contribution is 2.36. The number of fused-ring (bicyclic) bond motifs is 7. The summed E-state index contributed by atoms with van der Waals surface area (Å²) in [6.45, 7) is 4.45. The maximum atomic E-state index is 2.47. The van der Waals surface area contributed by atoms with Crippen LogP contribution in [0, 0.1) is 13.8 Å². The fourth-order valence-corrected chi connectivity index (χ4v) is 5.10. The van der Waals surface area contributed by atoms with Crippen LogP contribution in [0.1, 0.15) is 11.4 Å². The summed E-state index contributed by atoms with van der Waals surface area (Å²) in [5.74, 6) is 1.21. The molecular weight excluding hydrogens is 364 g/mol. The van der Waals surface area contributed by atoms with Gasteiger partial charge in [0.05, 0.1) is 7.05 Å². The van der Waals surface area contributed by atoms with Crippen LogP contribution >= 0.6 is 0 Å². The minimum absolute atomic E-state index is 1.21. The first-order chi connectivity index (χ1) is 14.7. The molecule has 6 aromatic rings. The van der Waals surface area contributed by atoms with E-state index in [1.807, 2.05) is 0 Å². The zero-order chi connectivity index (χ0) is 20.4. The van der Waals surface area contributed by atoms with Gasteiger partial charge in [0.15, 0.2) is 0 Å². The van der Waals surface area contributed by atoms with Crippen molar-refractivity contribution in [1.29, 1.82) is 0 Å². The first-order valence-corrected chi connectivity index (χ1v) is 10.5. The van der Waals surface area contributed by atoms with Gasteiger partial charge in [-0.15, -0.1) is 0 Å². The Labute approximate surface area is 175 Å². The van der Waals surface area contributed by atoms with Crippen molar-refractivity contribution < 1.29 is 4.57 Å². The number of para-hydroxylation sites is 3. The second kappa shape index (κ2) is 6.17. The summed E-state index contributed by atoms with van der Waals surface area (Å²) >= 11 is 0. The lowest BCUT2D eigenvalue weighted by Gasteiger charge is -2.02. The zero-order valence-corrected chi connectivity index (χ0v) is 17.5. The van der Waals surface area contributed by atoms with Gasteiger partial charge in [-0.25, -0.2) is 4.57 Å². The van der Waals surface area contributed by atoms with Crippen molar-refractivity contribution >= 4 is 48.9 Å². The predicted molar refractivity (Wildman–Crippen MR) is 127 cm³/mol. The van der Waals surface area contributed by atoms with Crippen LogP contribution in [0.2, 0.25) is 0 Å². The second-order valence-corrected chi connectivity index (χ2v) is 8.18. The Balaban J connectivity index is 2.15. The topological polar surface area (TPSA) is 8.29 Å². The van der Waals surface area contributed by atoms with E-state index in [0.29, 0.717) is 0 Å². The van der Waals surface area contributed by atoms with E-state index < -0.39 is 0 Å². The van der Waals surface area contributed by atoms with Crippen LogP contribution in [0.5, 0.6) is 0 Å². The fraction of sp³-hybridized carbons (Fsp3) is 0.107. The molecule has 0 atom stereocenters. The lowest BCUT2D eigenvalue weighted by atomic mass is 10.0. The first-order valence-electron chi connectivity index (χ1n) is 10.5. The number of nitrogens with zero attached hydrogens (tertiary/aromatic N) is 2. The second-order valence-electron chi connectivity index (χ2n) is 8.18. The maximum Gasteiger partial charge on any atom is 0.259 e. The molecule has 0 aliphatic rings. The molecule has 0 spiro atoms. The van der Waals surface area contributed by atoms with Gasteiger partial charge in [-0.2, -0.15) is 4.40 Å². The van der Waals surface area contributed by atoms with Crippen molar-refractivity contribution in [1.82, 2.24) is 4.40 Å². The van der Waals surface area contributed by atoms with E-state index in [9.17, 15) is 0 Å². The van der Waals surface area contributed by atoms with Gasteiger partial charge in [-0.3, -0.25) is 0 Å². The van der Waals surface area contributed by atoms with E-state index in [1.165, 1.54) is 60.3 Å². The highest BCUT2D eigenvalue weighted by molar-refractivity contribution is 6.21. The van der Waals surface area contributed by atoms with Gasteiger partial charge in [0.25, 0.3) is 5.82 Å². The van der Waals surface area contributed by atoms with Crippen LogP contribution in [0.4, 0.5) is 0 Å². The number of aryl methyl sites for hydroxylation is 3. The van der Waals surface area contributed by atoms with Crippen LogP contribution in [-0.4, -0.2) is 4.40 Å². The minimum Gasteiger partial charge on any atom is -0.233 e. The number of hydrogen-bond donors (Lipinski definition) is 0. The Hall–Kier alpha value is -3.65. The van der Waals surface area contributed by atoms with Gasteiger partial charge in [-0.05, 0) is 41.5 Å². The molecule has 0 aliphatic carbocycles. The summed E-state index contributed by atoms with van der Waals surface area (Å²) in [6.07, 6.45) is 0. The van der Waals surface area contributed by atoms with Crippen molar-refractivity contribution in [2.45, 2.75) is 13.8 Å². The molecule has 0 aliphatic heterocycles. The first kappa shape index (κ1) is 17.2. The minimum atomic E-state index is 1.21. The zero-order valence-electron chi connectivity index (χ0n) is 17.5. The van der Waals surface area contributed by atoms with Crippen molar-refractivity contribution in [2.24, 2.45) is 7.05 Å². The van der Waals surface area contributed by atoms with E-state index in [-0.39, 0.29) is 0 Å². The summed E-state index contributed by atoms with van der Waals surface area (Å²) in [7, 11) is 2.18. The molecule has 0 saturated carbocycles. The Morgan fingerprint density at radius 1 is 0.533 bits per heavy atom. The highest BCUT2D eigenvalue weighted by Gasteiger charge is 2.21. The molecule has 0 bridgehead atoms. The monoisotopic (exact) mass is 387 g/mol. The molecule has 2 aromatic heterocycles. The largest absolute Gasteiger partial charge is 0.259 e. The molecule has 30 heavy (non-hydrogen) atoms. The normalized spacial score (nSPS) is 11.8. The van der Waals surface area contributed by atoms with E-state index >= 15 is 0 Å². The summed E-state index contributed by atoms with van der Waals surface area (Å²) in [6, 6.07) is 30.9. The third-order valence-corrected chi connectivity index (χ3v) is 6.59. The Bertz CT molecular complexity index is 1670. The standard InChI is InChI=1S/C28H23N2/c1-18-10-8-14-24-25-16-9-15-23-21-12-5-4-11-20(21)22-13-6-7-17-26(22)29(3)19(2)30(27(18)24)28(23)25/h4-17H,1-3H3/q+1. The molecule has 0 amide bonds. The van der Waals surface area contributed by atoms with E-state index in [0.717, 1.165) is 0 Å². The van der Waals surface area contributed by atoms with Gasteiger partial charge in [0.1, 0.15) is 16.6 Å². The van der Waals surface area contributed by atoms with Crippen LogP contribution in [-0.2, 0) is 7.05 Å². The predicted octanol–water partition coefficient (Wildman–Crippen LogP) is 6.56. The molecule has 4 aromatic carbocycles. The lowest BCUT2D eigenvalue weighted by molar-refractivity contribution is -0.654. The van der Waals surface area contributed by atoms with Crippen molar-refractivity contribution in [3.05, 3.63) is 96.3 Å². The van der Waals surface area contributed by atoms with Crippen LogP contribution in [0.25, 0.3) is 48.9 Å². The van der Waals surface area contributed by atoms with Crippen LogP contribution in [0.15, 0.2) is 84.9 Å². The molecule has 0 N–H and O–H groups in total. The average Bonchev–Trinajstić information content (AvgIpc) is 3.14. The van der Waals surface area contributed by atoms with Gasteiger partial charge < -0.3 is 0 Å². The number of aromatic nitrogens is 2.